The van der Waals surface area contributed by atoms with Crippen molar-refractivity contribution < 1.29 is 9.32 Å². The van der Waals surface area contributed by atoms with Gasteiger partial charge in [-0.3, -0.25) is 4.79 Å². The molecule has 0 fully saturated rings. The molecule has 1 heterocycles. The number of carbonyl (C=O) groups excluding carboxylic acids is 1. The maximum Gasteiger partial charge on any atom is 0.251 e. The largest absolute Gasteiger partial charge is 0.399 e. The van der Waals surface area contributed by atoms with Gasteiger partial charge in [0.05, 0.1) is 6.54 Å². The van der Waals surface area contributed by atoms with E-state index in [-0.39, 0.29) is 5.91 Å². The second kappa shape index (κ2) is 4.48. The van der Waals surface area contributed by atoms with E-state index in [1.807, 2.05) is 0 Å². The molecule has 2 aromatic rings. The predicted octanol–water partition coefficient (Wildman–Crippen LogP) is 1.19. The Morgan fingerprint density at radius 3 is 2.69 bits per heavy atom. The number of nitrogen functional groups attached to an aromatic ring is 1. The highest BCUT2D eigenvalue weighted by Crippen LogP contribution is 2.05. The Labute approximate surface area is 92.2 Å². The Balaban J connectivity index is 1.95. The molecule has 1 amide bonds. The summed E-state index contributed by atoms with van der Waals surface area (Å²) >= 11 is 0. The number of rotatable bonds is 3. The number of nitrogens with zero attached hydrogens (tertiary/aromatic N) is 1. The standard InChI is InChI=1S/C11H11N3O2/c12-9-3-1-8(2-4-9)11(15)13-7-10-5-6-16-14-10/h1-6H,7,12H2,(H,13,15). The van der Waals surface area contributed by atoms with E-state index in [2.05, 4.69) is 15.0 Å². The van der Waals surface area contributed by atoms with Gasteiger partial charge in [-0.05, 0) is 24.3 Å². The molecule has 5 nitrogen and oxygen atoms in total. The van der Waals surface area contributed by atoms with Crippen molar-refractivity contribution in [2.45, 2.75) is 6.54 Å². The average Bonchev–Trinajstić information content (AvgIpc) is 2.80. The van der Waals surface area contributed by atoms with Crippen molar-refractivity contribution in [2.24, 2.45) is 0 Å². The number of amides is 1. The lowest BCUT2D eigenvalue weighted by Gasteiger charge is -2.02. The van der Waals surface area contributed by atoms with E-state index in [4.69, 9.17) is 5.73 Å². The number of benzene rings is 1. The lowest BCUT2D eigenvalue weighted by Crippen LogP contribution is -2.22. The van der Waals surface area contributed by atoms with E-state index < -0.39 is 0 Å². The van der Waals surface area contributed by atoms with Crippen molar-refractivity contribution in [3.05, 3.63) is 47.9 Å². The van der Waals surface area contributed by atoms with Crippen LogP contribution in [0.3, 0.4) is 0 Å². The van der Waals surface area contributed by atoms with Crippen LogP contribution in [0.25, 0.3) is 0 Å². The maximum absolute atomic E-state index is 11.6. The van der Waals surface area contributed by atoms with Gasteiger partial charge in [-0.25, -0.2) is 0 Å². The first-order valence-corrected chi connectivity index (χ1v) is 4.79. The first-order valence-electron chi connectivity index (χ1n) is 4.79. The van der Waals surface area contributed by atoms with Crippen LogP contribution >= 0.6 is 0 Å². The van der Waals surface area contributed by atoms with E-state index >= 15 is 0 Å². The van der Waals surface area contributed by atoms with Crippen molar-refractivity contribution in [3.8, 4) is 0 Å². The number of hydrogen-bond acceptors (Lipinski definition) is 4. The summed E-state index contributed by atoms with van der Waals surface area (Å²) in [6.07, 6.45) is 1.46. The van der Waals surface area contributed by atoms with Crippen molar-refractivity contribution >= 4 is 11.6 Å². The molecule has 0 bridgehead atoms. The van der Waals surface area contributed by atoms with Crippen LogP contribution in [0.1, 0.15) is 16.1 Å². The minimum atomic E-state index is -0.164. The highest BCUT2D eigenvalue weighted by atomic mass is 16.5. The number of nitrogens with one attached hydrogen (secondary N) is 1. The maximum atomic E-state index is 11.6. The summed E-state index contributed by atoms with van der Waals surface area (Å²) in [5.74, 6) is -0.164. The molecule has 82 valence electrons. The fourth-order valence-electron chi connectivity index (χ4n) is 1.24. The Bertz CT molecular complexity index is 462. The van der Waals surface area contributed by atoms with Crippen LogP contribution in [0.4, 0.5) is 5.69 Å². The Hall–Kier alpha value is -2.30. The van der Waals surface area contributed by atoms with Gasteiger partial charge in [0.1, 0.15) is 12.0 Å². The highest BCUT2D eigenvalue weighted by Gasteiger charge is 2.05. The number of nitrogens with two attached hydrogens (primary N) is 1. The van der Waals surface area contributed by atoms with Gasteiger partial charge >= 0.3 is 0 Å². The molecule has 0 unspecified atom stereocenters. The molecule has 0 aliphatic carbocycles. The minimum Gasteiger partial charge on any atom is -0.399 e. The molecule has 2 rings (SSSR count). The molecule has 0 aliphatic heterocycles. The van der Waals surface area contributed by atoms with Crippen LogP contribution in [-0.2, 0) is 6.54 Å². The Kier molecular flexibility index (Phi) is 2.86. The Morgan fingerprint density at radius 1 is 1.31 bits per heavy atom. The van der Waals surface area contributed by atoms with E-state index in [0.717, 1.165) is 0 Å². The van der Waals surface area contributed by atoms with Gasteiger partial charge in [0.25, 0.3) is 5.91 Å². The topological polar surface area (TPSA) is 81.2 Å². The smallest absolute Gasteiger partial charge is 0.251 e. The third kappa shape index (κ3) is 2.38. The molecule has 16 heavy (non-hydrogen) atoms. The zero-order valence-corrected chi connectivity index (χ0v) is 8.51. The lowest BCUT2D eigenvalue weighted by molar-refractivity contribution is 0.0950. The average molecular weight is 217 g/mol. The molecule has 0 saturated carbocycles. The fourth-order valence-corrected chi connectivity index (χ4v) is 1.24. The van der Waals surface area contributed by atoms with Crippen molar-refractivity contribution in [1.29, 1.82) is 0 Å². The molecule has 1 aromatic heterocycles. The number of aromatic nitrogens is 1. The third-order valence-electron chi connectivity index (χ3n) is 2.09. The van der Waals surface area contributed by atoms with Crippen LogP contribution < -0.4 is 11.1 Å². The van der Waals surface area contributed by atoms with Gasteiger partial charge in [0, 0.05) is 17.3 Å². The lowest BCUT2D eigenvalue weighted by atomic mass is 10.2. The summed E-state index contributed by atoms with van der Waals surface area (Å²) < 4.78 is 4.65. The van der Waals surface area contributed by atoms with Crippen molar-refractivity contribution in [2.75, 3.05) is 5.73 Å². The molecule has 1 aromatic carbocycles. The second-order valence-electron chi connectivity index (χ2n) is 3.30. The minimum absolute atomic E-state index is 0.164. The first-order chi connectivity index (χ1) is 7.75. The molecule has 0 atom stereocenters. The molecular weight excluding hydrogens is 206 g/mol. The highest BCUT2D eigenvalue weighted by molar-refractivity contribution is 5.94. The molecule has 5 heteroatoms. The van der Waals surface area contributed by atoms with Crippen LogP contribution in [0, 0.1) is 0 Å². The summed E-state index contributed by atoms with van der Waals surface area (Å²) in [6, 6.07) is 8.42. The second-order valence-corrected chi connectivity index (χ2v) is 3.30. The van der Waals surface area contributed by atoms with E-state index in [1.54, 1.807) is 30.3 Å². The molecule has 0 saturated heterocycles. The molecule has 0 radical (unpaired) electrons. The summed E-state index contributed by atoms with van der Waals surface area (Å²) in [5.41, 5.74) is 7.41. The van der Waals surface area contributed by atoms with Gasteiger partial charge < -0.3 is 15.6 Å². The zero-order valence-electron chi connectivity index (χ0n) is 8.51. The number of anilines is 1. The molecule has 0 aliphatic rings. The van der Waals surface area contributed by atoms with E-state index in [9.17, 15) is 4.79 Å². The van der Waals surface area contributed by atoms with Crippen LogP contribution in [0.2, 0.25) is 0 Å². The number of carbonyl (C=O) groups is 1. The predicted molar refractivity (Wildman–Crippen MR) is 58.5 cm³/mol. The fraction of sp³-hybridized carbons (Fsp3) is 0.0909. The van der Waals surface area contributed by atoms with Crippen LogP contribution in [-0.4, -0.2) is 11.1 Å². The molecular formula is C11H11N3O2. The van der Waals surface area contributed by atoms with Crippen LogP contribution in [0.15, 0.2) is 41.1 Å². The van der Waals surface area contributed by atoms with E-state index in [1.165, 1.54) is 6.26 Å². The van der Waals surface area contributed by atoms with Gasteiger partial charge in [-0.15, -0.1) is 0 Å². The SMILES string of the molecule is Nc1ccc(C(=O)NCc2ccon2)cc1. The molecule has 3 N–H and O–H groups in total. The van der Waals surface area contributed by atoms with Crippen molar-refractivity contribution in [1.82, 2.24) is 10.5 Å². The summed E-state index contributed by atoms with van der Waals surface area (Å²) in [7, 11) is 0. The quantitative estimate of drug-likeness (QED) is 0.756. The molecule has 0 spiro atoms. The van der Waals surface area contributed by atoms with E-state index in [0.29, 0.717) is 23.5 Å². The monoisotopic (exact) mass is 217 g/mol. The first kappa shape index (κ1) is 10.2. The van der Waals surface area contributed by atoms with Gasteiger partial charge in [0.2, 0.25) is 0 Å². The van der Waals surface area contributed by atoms with Crippen molar-refractivity contribution in [3.63, 3.8) is 0 Å². The summed E-state index contributed by atoms with van der Waals surface area (Å²) in [4.78, 5) is 11.6. The third-order valence-corrected chi connectivity index (χ3v) is 2.09. The van der Waals surface area contributed by atoms with Gasteiger partial charge in [0.15, 0.2) is 0 Å². The summed E-state index contributed by atoms with van der Waals surface area (Å²) in [5, 5.41) is 6.40. The van der Waals surface area contributed by atoms with Gasteiger partial charge in [-0.1, -0.05) is 5.16 Å². The Morgan fingerprint density at radius 2 is 2.06 bits per heavy atom. The number of hydrogen-bond donors (Lipinski definition) is 2. The van der Waals surface area contributed by atoms with Gasteiger partial charge in [-0.2, -0.15) is 0 Å². The normalized spacial score (nSPS) is 10.0. The zero-order chi connectivity index (χ0) is 11.4. The van der Waals surface area contributed by atoms with Crippen LogP contribution in [0.5, 0.6) is 0 Å². The summed E-state index contributed by atoms with van der Waals surface area (Å²) in [6.45, 7) is 0.347.